The molecule has 51 heavy (non-hydrogen) atoms. The molecule has 2 aliphatic rings. The molecular weight excluding hydrogens is 755 g/mol. The Morgan fingerprint density at radius 2 is 0.980 bits per heavy atom. The van der Waals surface area contributed by atoms with Crippen molar-refractivity contribution >= 4 is 65.4 Å². The van der Waals surface area contributed by atoms with Gasteiger partial charge in [0.1, 0.15) is 0 Å². The molecule has 0 N–H and O–H groups in total. The average Bonchev–Trinajstić information content (AvgIpc) is 3.72. The first kappa shape index (κ1) is 37.7. The number of fused-ring (bicyclic) bond motifs is 4. The number of aryl methyl sites for hydroxylation is 2. The number of rotatable bonds is 7. The fourth-order valence-corrected chi connectivity index (χ4v) is 34.2. The van der Waals surface area contributed by atoms with E-state index in [-0.39, 0.29) is 24.8 Å². The van der Waals surface area contributed by atoms with Crippen molar-refractivity contribution in [2.24, 2.45) is 0 Å². The SMILES string of the molecule is CCC1=Cc2c(-c3ccc4ccccc4c3)ccc(C)c2[CH]1[Zr](=[SiH2])([CH2]C)([CH2]C)[CH]1C(C)=Cc2c(-c3ccc4ccccc4c3)ccc(C)c21.Cl.Cl. The number of hydrogen-bond donors (Lipinski definition) is 0. The molecule has 0 saturated heterocycles. The first-order valence-electron chi connectivity index (χ1n) is 18.4. The molecular formula is C47H50Cl2SiZr. The van der Waals surface area contributed by atoms with E-state index < -0.39 is 17.4 Å². The Morgan fingerprint density at radius 3 is 1.45 bits per heavy atom. The fraction of sp³-hybridized carbons (Fsp3) is 0.234. The molecule has 0 heterocycles. The summed E-state index contributed by atoms with van der Waals surface area (Å²) in [6.07, 6.45) is 6.36. The largest absolute Gasteiger partial charge is 0.147 e. The van der Waals surface area contributed by atoms with Crippen molar-refractivity contribution in [3.63, 3.8) is 0 Å². The van der Waals surface area contributed by atoms with Crippen LogP contribution in [0.4, 0.5) is 0 Å². The molecule has 0 radical (unpaired) electrons. The van der Waals surface area contributed by atoms with Gasteiger partial charge in [0.15, 0.2) is 0 Å². The quantitative estimate of drug-likeness (QED) is 0.141. The predicted molar refractivity (Wildman–Crippen MR) is 230 cm³/mol. The topological polar surface area (TPSA) is 0 Å². The summed E-state index contributed by atoms with van der Waals surface area (Å²) in [5, 5.41) is 5.23. The van der Waals surface area contributed by atoms with E-state index in [1.54, 1.807) is 22.3 Å². The third-order valence-electron chi connectivity index (χ3n) is 13.0. The van der Waals surface area contributed by atoms with Crippen molar-refractivity contribution in [1.82, 2.24) is 0 Å². The summed E-state index contributed by atoms with van der Waals surface area (Å²) in [5.41, 5.74) is 17.9. The van der Waals surface area contributed by atoms with Crippen LogP contribution in [-0.4, -0.2) is 6.88 Å². The van der Waals surface area contributed by atoms with Gasteiger partial charge in [-0.15, -0.1) is 24.8 Å². The second-order valence-corrected chi connectivity index (χ2v) is 42.9. The minimum atomic E-state index is -3.85. The summed E-state index contributed by atoms with van der Waals surface area (Å²) in [5.74, 6) is 0. The Balaban J connectivity index is 0.00000224. The van der Waals surface area contributed by atoms with Gasteiger partial charge in [0.25, 0.3) is 0 Å². The smallest absolute Gasteiger partial charge is 0.147 e. The molecule has 0 spiro atoms. The molecule has 2 atom stereocenters. The molecule has 0 fully saturated rings. The maximum Gasteiger partial charge on any atom is -0.147 e. The second kappa shape index (κ2) is 14.1. The van der Waals surface area contributed by atoms with Gasteiger partial charge in [0, 0.05) is 0 Å². The Hall–Kier alpha value is -3.00. The number of allylic oxidation sites excluding steroid dienone is 2. The zero-order chi connectivity index (χ0) is 34.1. The predicted octanol–water partition coefficient (Wildman–Crippen LogP) is 13.9. The van der Waals surface area contributed by atoms with Crippen LogP contribution >= 0.6 is 24.8 Å². The molecule has 0 amide bonds. The first-order chi connectivity index (χ1) is 23.7. The van der Waals surface area contributed by atoms with Crippen LogP contribution in [0.1, 0.15) is 74.7 Å². The van der Waals surface area contributed by atoms with Crippen LogP contribution in [-0.2, 0) is 17.4 Å². The van der Waals surface area contributed by atoms with Crippen LogP contribution in [0.15, 0.2) is 120 Å². The molecule has 8 rings (SSSR count). The Morgan fingerprint density at radius 1 is 0.529 bits per heavy atom. The maximum absolute atomic E-state index is 3.85. The third-order valence-corrected chi connectivity index (χ3v) is 43.8. The van der Waals surface area contributed by atoms with E-state index in [2.05, 4.69) is 170 Å². The van der Waals surface area contributed by atoms with E-state index in [0.717, 1.165) is 6.42 Å². The maximum atomic E-state index is 2.65. The van der Waals surface area contributed by atoms with Gasteiger partial charge in [0.2, 0.25) is 0 Å². The summed E-state index contributed by atoms with van der Waals surface area (Å²) in [6.45, 7) is 17.4. The first-order valence-corrected chi connectivity index (χ1v) is 30.6. The molecule has 6 aromatic rings. The standard InChI is InChI=1S/C22H19.C21H17.2C2H5.2ClH.H2Si.Zr/c1-3-16-12-21-15(2)8-11-20(22(21)13-16)19-10-9-17-6-4-5-7-18(17)14-19;1-14-11-20-15(2)7-10-19(21(20)12-14)18-9-8-16-5-3-4-6-17(16)13-18;2*1-2;;;;/h4-14H,3H2,1-2H3;3-13H,1-2H3;2*1H2,2H3;2*1H;1H2;. The summed E-state index contributed by atoms with van der Waals surface area (Å²) >= 11 is -3.85. The Kier molecular flexibility index (Phi) is 10.4. The van der Waals surface area contributed by atoms with E-state index in [9.17, 15) is 0 Å². The van der Waals surface area contributed by atoms with Gasteiger partial charge in [-0.2, -0.15) is 0 Å². The molecule has 0 aliphatic heterocycles. The normalized spacial score (nSPS) is 16.6. The summed E-state index contributed by atoms with van der Waals surface area (Å²) in [4.78, 5) is 0. The molecule has 6 aromatic carbocycles. The molecule has 0 saturated carbocycles. The van der Waals surface area contributed by atoms with Gasteiger partial charge >= 0.3 is 297 Å². The van der Waals surface area contributed by atoms with Crippen LogP contribution in [0, 0.1) is 13.8 Å². The number of hydrogen-bond acceptors (Lipinski definition) is 0. The number of halogens is 2. The molecule has 0 aromatic heterocycles. The Bertz CT molecular complexity index is 2460. The van der Waals surface area contributed by atoms with Gasteiger partial charge in [-0.3, -0.25) is 0 Å². The van der Waals surface area contributed by atoms with E-state index >= 15 is 0 Å². The van der Waals surface area contributed by atoms with E-state index in [4.69, 9.17) is 0 Å². The monoisotopic (exact) mass is 802 g/mol. The molecule has 2 unspecified atom stereocenters. The van der Waals surface area contributed by atoms with Crippen LogP contribution < -0.4 is 0 Å². The van der Waals surface area contributed by atoms with Crippen LogP contribution in [0.2, 0.25) is 8.26 Å². The fourth-order valence-electron chi connectivity index (χ4n) is 10.2. The average molecular weight is 805 g/mol. The Labute approximate surface area is 319 Å². The minimum absolute atomic E-state index is 0. The van der Waals surface area contributed by atoms with E-state index in [0.29, 0.717) is 7.25 Å². The van der Waals surface area contributed by atoms with E-state index in [1.165, 1.54) is 74.3 Å². The summed E-state index contributed by atoms with van der Waals surface area (Å²) in [6, 6.07) is 41.3. The van der Waals surface area contributed by atoms with Crippen molar-refractivity contribution in [2.75, 3.05) is 0 Å². The van der Waals surface area contributed by atoms with Gasteiger partial charge < -0.3 is 0 Å². The van der Waals surface area contributed by atoms with Crippen molar-refractivity contribution in [3.05, 3.63) is 154 Å². The second-order valence-electron chi connectivity index (χ2n) is 15.3. The van der Waals surface area contributed by atoms with Gasteiger partial charge in [-0.25, -0.2) is 0 Å². The van der Waals surface area contributed by atoms with Crippen LogP contribution in [0.25, 0.3) is 56.0 Å². The molecule has 0 bridgehead atoms. The number of benzene rings is 6. The van der Waals surface area contributed by atoms with Crippen molar-refractivity contribution in [1.29, 1.82) is 0 Å². The van der Waals surface area contributed by atoms with Crippen molar-refractivity contribution < 1.29 is 17.4 Å². The van der Waals surface area contributed by atoms with Crippen molar-refractivity contribution in [2.45, 2.75) is 63.5 Å². The summed E-state index contributed by atoms with van der Waals surface area (Å²) in [7, 11) is 0. The van der Waals surface area contributed by atoms with E-state index in [1.807, 2.05) is 0 Å². The third kappa shape index (κ3) is 5.72. The molecule has 4 heteroatoms. The van der Waals surface area contributed by atoms with Gasteiger partial charge in [-0.1, -0.05) is 0 Å². The van der Waals surface area contributed by atoms with Crippen molar-refractivity contribution in [3.8, 4) is 22.3 Å². The van der Waals surface area contributed by atoms with Gasteiger partial charge in [-0.05, 0) is 0 Å². The zero-order valence-corrected chi connectivity index (χ0v) is 36.4. The zero-order valence-electron chi connectivity index (χ0n) is 30.8. The molecule has 0 nitrogen and oxygen atoms in total. The molecule has 260 valence electrons. The van der Waals surface area contributed by atoms with Crippen LogP contribution in [0.5, 0.6) is 0 Å². The van der Waals surface area contributed by atoms with Crippen LogP contribution in [0.3, 0.4) is 0 Å². The summed E-state index contributed by atoms with van der Waals surface area (Å²) < 4.78 is 3.69. The minimum Gasteiger partial charge on any atom is -0.147 e. The van der Waals surface area contributed by atoms with Gasteiger partial charge in [0.05, 0.1) is 0 Å². The molecule has 2 aliphatic carbocycles.